The number of nitro groups is 1. The Bertz CT molecular complexity index is 1380. The van der Waals surface area contributed by atoms with Gasteiger partial charge in [0.2, 0.25) is 0 Å². The van der Waals surface area contributed by atoms with Crippen LogP contribution in [0.15, 0.2) is 72.8 Å². The normalized spacial score (nSPS) is 18.9. The van der Waals surface area contributed by atoms with Gasteiger partial charge in [-0.25, -0.2) is 0 Å². The average molecular weight is 515 g/mol. The molecule has 196 valence electrons. The molecular formula is C29H30N4O5. The molecule has 2 atom stereocenters. The number of amides is 2. The van der Waals surface area contributed by atoms with Gasteiger partial charge in [0.1, 0.15) is 18.0 Å². The minimum absolute atomic E-state index is 0.153. The highest BCUT2D eigenvalue weighted by atomic mass is 16.6. The van der Waals surface area contributed by atoms with E-state index in [1.165, 1.54) is 12.1 Å². The maximum atomic E-state index is 14.1. The Morgan fingerprint density at radius 1 is 1.03 bits per heavy atom. The second kappa shape index (κ2) is 10.2. The van der Waals surface area contributed by atoms with E-state index in [1.54, 1.807) is 23.0 Å². The maximum absolute atomic E-state index is 14.1. The molecule has 3 aromatic rings. The summed E-state index contributed by atoms with van der Waals surface area (Å²) in [6.45, 7) is 5.45. The van der Waals surface area contributed by atoms with Crippen molar-refractivity contribution in [2.75, 3.05) is 25.1 Å². The van der Waals surface area contributed by atoms with Crippen molar-refractivity contribution in [3.8, 4) is 5.75 Å². The second-order valence-corrected chi connectivity index (χ2v) is 10.1. The van der Waals surface area contributed by atoms with Gasteiger partial charge in [0.15, 0.2) is 0 Å². The predicted molar refractivity (Wildman–Crippen MR) is 143 cm³/mol. The number of non-ortho nitro benzene ring substituents is 1. The molecule has 3 aromatic carbocycles. The predicted octanol–water partition coefficient (Wildman–Crippen LogP) is 4.63. The van der Waals surface area contributed by atoms with Crippen molar-refractivity contribution in [1.29, 1.82) is 0 Å². The smallest absolute Gasteiger partial charge is 0.270 e. The Morgan fingerprint density at radius 3 is 2.47 bits per heavy atom. The zero-order valence-electron chi connectivity index (χ0n) is 21.6. The largest absolute Gasteiger partial charge is 0.497 e. The van der Waals surface area contributed by atoms with Crippen LogP contribution in [0.3, 0.4) is 0 Å². The molecule has 0 unspecified atom stereocenters. The van der Waals surface area contributed by atoms with E-state index in [0.29, 0.717) is 36.6 Å². The van der Waals surface area contributed by atoms with Gasteiger partial charge in [-0.15, -0.1) is 0 Å². The number of fused-ring (bicyclic) bond motifs is 2. The number of ether oxygens (including phenoxy) is 1. The Kier molecular flexibility index (Phi) is 6.75. The summed E-state index contributed by atoms with van der Waals surface area (Å²) in [7, 11) is 1.60. The summed E-state index contributed by atoms with van der Waals surface area (Å²) >= 11 is 0. The summed E-state index contributed by atoms with van der Waals surface area (Å²) < 4.78 is 5.38. The number of rotatable bonds is 7. The van der Waals surface area contributed by atoms with Gasteiger partial charge in [-0.2, -0.15) is 0 Å². The average Bonchev–Trinajstić information content (AvgIpc) is 2.92. The Balaban J connectivity index is 1.63. The van der Waals surface area contributed by atoms with Crippen LogP contribution in [0.1, 0.15) is 41.4 Å². The molecule has 2 amide bonds. The van der Waals surface area contributed by atoms with Crippen molar-refractivity contribution in [3.05, 3.63) is 99.6 Å². The van der Waals surface area contributed by atoms with E-state index >= 15 is 0 Å². The molecule has 5 rings (SSSR count). The number of carbonyl (C=O) groups is 2. The number of methoxy groups -OCH3 is 1. The first-order chi connectivity index (χ1) is 18.3. The number of benzene rings is 3. The van der Waals surface area contributed by atoms with Crippen LogP contribution in [0, 0.1) is 16.0 Å². The number of nitrogens with zero attached hydrogens (tertiary/aromatic N) is 4. The molecule has 2 heterocycles. The molecular weight excluding hydrogens is 484 g/mol. The lowest BCUT2D eigenvalue weighted by molar-refractivity contribution is -0.384. The molecule has 38 heavy (non-hydrogen) atoms. The monoisotopic (exact) mass is 514 g/mol. The van der Waals surface area contributed by atoms with Crippen LogP contribution in [0.4, 0.5) is 11.4 Å². The van der Waals surface area contributed by atoms with Gasteiger partial charge < -0.3 is 19.4 Å². The molecule has 2 aliphatic heterocycles. The van der Waals surface area contributed by atoms with Gasteiger partial charge in [0.25, 0.3) is 17.5 Å². The molecule has 1 fully saturated rings. The van der Waals surface area contributed by atoms with Crippen molar-refractivity contribution < 1.29 is 19.2 Å². The van der Waals surface area contributed by atoms with Crippen LogP contribution in [0.2, 0.25) is 0 Å². The molecule has 0 spiro atoms. The molecule has 9 nitrogen and oxygen atoms in total. The van der Waals surface area contributed by atoms with Crippen molar-refractivity contribution >= 4 is 23.2 Å². The molecule has 9 heteroatoms. The lowest BCUT2D eigenvalue weighted by Crippen LogP contribution is -2.67. The van der Waals surface area contributed by atoms with Crippen LogP contribution in [0.25, 0.3) is 0 Å². The summed E-state index contributed by atoms with van der Waals surface area (Å²) in [6.07, 6.45) is -0.438. The number of hydrogen-bond acceptors (Lipinski definition) is 6. The highest BCUT2D eigenvalue weighted by Crippen LogP contribution is 2.41. The van der Waals surface area contributed by atoms with Gasteiger partial charge in [0.05, 0.1) is 29.8 Å². The third-order valence-electron chi connectivity index (χ3n) is 7.04. The topological polar surface area (TPSA) is 96.2 Å². The van der Waals surface area contributed by atoms with Crippen molar-refractivity contribution in [3.63, 3.8) is 0 Å². The van der Waals surface area contributed by atoms with Gasteiger partial charge in [-0.3, -0.25) is 19.7 Å². The second-order valence-electron chi connectivity index (χ2n) is 10.1. The van der Waals surface area contributed by atoms with E-state index in [9.17, 15) is 19.7 Å². The Morgan fingerprint density at radius 2 is 1.79 bits per heavy atom. The van der Waals surface area contributed by atoms with E-state index in [0.717, 1.165) is 5.56 Å². The number of anilines is 1. The quantitative estimate of drug-likeness (QED) is 0.337. The molecule has 2 aliphatic rings. The first kappa shape index (κ1) is 25.3. The highest BCUT2D eigenvalue weighted by Gasteiger charge is 2.50. The molecule has 0 bridgehead atoms. The Hall–Kier alpha value is -4.40. The summed E-state index contributed by atoms with van der Waals surface area (Å²) in [4.78, 5) is 44.7. The van der Waals surface area contributed by atoms with Crippen molar-refractivity contribution in [2.45, 2.75) is 32.6 Å². The van der Waals surface area contributed by atoms with Gasteiger partial charge in [-0.1, -0.05) is 56.3 Å². The summed E-state index contributed by atoms with van der Waals surface area (Å²) in [6, 6.07) is 20.4. The third-order valence-corrected chi connectivity index (χ3v) is 7.04. The van der Waals surface area contributed by atoms with Crippen LogP contribution < -0.4 is 9.64 Å². The minimum atomic E-state index is -0.866. The van der Waals surface area contributed by atoms with E-state index < -0.39 is 17.1 Å². The standard InChI is InChI=1S/C29H30N4O5/c1-19(2)16-31-25-13-12-22(33(36)37)15-24(25)28(34)32-26(31)18-30(17-20-8-7-11-23(14-20)38-3)29(35)27(32)21-9-5-4-6-10-21/h4-15,19,26-27H,16-18H2,1-3H3/t26-,27+/m1/s1. The lowest BCUT2D eigenvalue weighted by atomic mass is 9.94. The van der Waals surface area contributed by atoms with Gasteiger partial charge in [-0.05, 0) is 35.2 Å². The van der Waals surface area contributed by atoms with Crippen LogP contribution in [-0.2, 0) is 11.3 Å². The molecule has 1 saturated heterocycles. The van der Waals surface area contributed by atoms with Crippen LogP contribution >= 0.6 is 0 Å². The number of hydrogen-bond donors (Lipinski definition) is 0. The fourth-order valence-corrected chi connectivity index (χ4v) is 5.38. The SMILES string of the molecule is COc1cccc(CN2C[C@@H]3N(CC(C)C)c4ccc([N+](=O)[O-])cc4C(=O)N3[C@@H](c3ccccc3)C2=O)c1. The number of piperazine rings is 1. The molecule has 0 N–H and O–H groups in total. The highest BCUT2D eigenvalue weighted by molar-refractivity contribution is 6.05. The van der Waals surface area contributed by atoms with E-state index in [-0.39, 0.29) is 29.0 Å². The molecule has 0 aliphatic carbocycles. The molecule has 0 saturated carbocycles. The number of carbonyl (C=O) groups excluding carboxylic acids is 2. The fraction of sp³-hybridized carbons (Fsp3) is 0.310. The zero-order chi connectivity index (χ0) is 27.0. The van der Waals surface area contributed by atoms with E-state index in [1.807, 2.05) is 54.6 Å². The van der Waals surface area contributed by atoms with Crippen molar-refractivity contribution in [2.24, 2.45) is 5.92 Å². The maximum Gasteiger partial charge on any atom is 0.270 e. The van der Waals surface area contributed by atoms with Crippen LogP contribution in [0.5, 0.6) is 5.75 Å². The molecule has 0 radical (unpaired) electrons. The summed E-state index contributed by atoms with van der Waals surface area (Å²) in [5.74, 6) is 0.379. The molecule has 0 aromatic heterocycles. The van der Waals surface area contributed by atoms with E-state index in [2.05, 4.69) is 18.7 Å². The van der Waals surface area contributed by atoms with E-state index in [4.69, 9.17) is 4.74 Å². The van der Waals surface area contributed by atoms with Crippen LogP contribution in [-0.4, -0.2) is 52.9 Å². The summed E-state index contributed by atoms with van der Waals surface area (Å²) in [5.41, 5.74) is 2.36. The summed E-state index contributed by atoms with van der Waals surface area (Å²) in [5, 5.41) is 11.5. The number of nitro benzene ring substituents is 1. The first-order valence-electron chi connectivity index (χ1n) is 12.6. The first-order valence-corrected chi connectivity index (χ1v) is 12.6. The zero-order valence-corrected chi connectivity index (χ0v) is 21.6. The lowest BCUT2D eigenvalue weighted by Gasteiger charge is -2.53. The van der Waals surface area contributed by atoms with Gasteiger partial charge >= 0.3 is 0 Å². The van der Waals surface area contributed by atoms with Gasteiger partial charge in [0, 0.05) is 25.2 Å². The Labute approximate surface area is 221 Å². The third kappa shape index (κ3) is 4.55. The van der Waals surface area contributed by atoms with Crippen molar-refractivity contribution in [1.82, 2.24) is 9.80 Å². The minimum Gasteiger partial charge on any atom is -0.497 e. The fourth-order valence-electron chi connectivity index (χ4n) is 5.38.